The molecule has 0 radical (unpaired) electrons. The fourth-order valence-electron chi connectivity index (χ4n) is 2.01. The summed E-state index contributed by atoms with van der Waals surface area (Å²) in [6.07, 6.45) is 0.817. The second-order valence-corrected chi connectivity index (χ2v) is 6.12. The molecule has 1 rings (SSSR count). The van der Waals surface area contributed by atoms with Crippen LogP contribution in [-0.2, 0) is 11.2 Å². The normalized spacial score (nSPS) is 14.8. The van der Waals surface area contributed by atoms with Crippen molar-refractivity contribution in [3.63, 3.8) is 0 Å². The number of hydrogen-bond donors (Lipinski definition) is 2. The van der Waals surface area contributed by atoms with E-state index in [1.54, 1.807) is 0 Å². The fourth-order valence-corrected chi connectivity index (χ4v) is 2.01. The van der Waals surface area contributed by atoms with E-state index in [1.165, 1.54) is 11.1 Å². The summed E-state index contributed by atoms with van der Waals surface area (Å²) in [6.45, 7) is 9.91. The number of carbonyl (C=O) groups is 1. The Morgan fingerprint density at radius 2 is 1.89 bits per heavy atom. The minimum atomic E-state index is -0.271. The van der Waals surface area contributed by atoms with Crippen molar-refractivity contribution in [1.82, 2.24) is 5.32 Å². The van der Waals surface area contributed by atoms with Crippen molar-refractivity contribution < 1.29 is 4.79 Å². The van der Waals surface area contributed by atoms with Crippen LogP contribution < -0.4 is 11.1 Å². The molecule has 106 valence electrons. The van der Waals surface area contributed by atoms with E-state index in [9.17, 15) is 4.79 Å². The van der Waals surface area contributed by atoms with Crippen molar-refractivity contribution in [2.75, 3.05) is 0 Å². The topological polar surface area (TPSA) is 55.1 Å². The van der Waals surface area contributed by atoms with Crippen molar-refractivity contribution in [2.24, 2.45) is 11.7 Å². The minimum absolute atomic E-state index is 0.0218. The van der Waals surface area contributed by atoms with Crippen molar-refractivity contribution in [2.45, 2.75) is 52.6 Å². The number of aryl methyl sites for hydroxylation is 1. The lowest BCUT2D eigenvalue weighted by Gasteiger charge is -2.29. The molecular formula is C16H26N2O. The third-order valence-corrected chi connectivity index (χ3v) is 3.56. The maximum atomic E-state index is 12.1. The molecular weight excluding hydrogens is 236 g/mol. The molecule has 0 spiro atoms. The maximum absolute atomic E-state index is 12.1. The van der Waals surface area contributed by atoms with Crippen LogP contribution in [0.2, 0.25) is 0 Å². The average Bonchev–Trinajstić information content (AvgIpc) is 2.30. The van der Waals surface area contributed by atoms with Gasteiger partial charge in [0.2, 0.25) is 5.91 Å². The summed E-state index contributed by atoms with van der Waals surface area (Å²) in [4.78, 5) is 12.1. The fraction of sp³-hybridized carbons (Fsp3) is 0.562. The Bertz CT molecular complexity index is 438. The number of amides is 1. The Hall–Kier alpha value is -1.35. The van der Waals surface area contributed by atoms with E-state index in [-0.39, 0.29) is 23.4 Å². The summed E-state index contributed by atoms with van der Waals surface area (Å²) in [6, 6.07) is 8.14. The van der Waals surface area contributed by atoms with Crippen molar-refractivity contribution in [3.8, 4) is 0 Å². The van der Waals surface area contributed by atoms with Crippen LogP contribution in [0.15, 0.2) is 24.3 Å². The molecule has 0 heterocycles. The van der Waals surface area contributed by atoms with Crippen LogP contribution in [0.25, 0.3) is 0 Å². The van der Waals surface area contributed by atoms with Crippen LogP contribution in [-0.4, -0.2) is 17.5 Å². The van der Waals surface area contributed by atoms with Crippen molar-refractivity contribution in [1.29, 1.82) is 0 Å². The van der Waals surface area contributed by atoms with Crippen LogP contribution in [0.3, 0.4) is 0 Å². The van der Waals surface area contributed by atoms with Gasteiger partial charge in [-0.15, -0.1) is 0 Å². The van der Waals surface area contributed by atoms with Gasteiger partial charge in [0.05, 0.1) is 0 Å². The van der Waals surface area contributed by atoms with Gasteiger partial charge in [0.25, 0.3) is 0 Å². The van der Waals surface area contributed by atoms with Crippen LogP contribution in [0.5, 0.6) is 0 Å². The average molecular weight is 262 g/mol. The molecule has 0 aliphatic rings. The molecule has 0 fully saturated rings. The molecule has 3 heteroatoms. The Morgan fingerprint density at radius 3 is 2.42 bits per heavy atom. The minimum Gasteiger partial charge on any atom is -0.351 e. The first-order valence-corrected chi connectivity index (χ1v) is 6.85. The SMILES string of the molecule is Cc1ccccc1CC(C)(C)NC(=O)C(C)C(C)N. The molecule has 1 aromatic rings. The number of rotatable bonds is 5. The van der Waals surface area contributed by atoms with Crippen LogP contribution in [0.1, 0.15) is 38.8 Å². The first-order chi connectivity index (χ1) is 8.73. The van der Waals surface area contributed by atoms with E-state index in [4.69, 9.17) is 5.73 Å². The van der Waals surface area contributed by atoms with Gasteiger partial charge in [0.15, 0.2) is 0 Å². The van der Waals surface area contributed by atoms with Gasteiger partial charge in [-0.3, -0.25) is 4.79 Å². The maximum Gasteiger partial charge on any atom is 0.224 e. The van der Waals surface area contributed by atoms with Gasteiger partial charge in [-0.2, -0.15) is 0 Å². The van der Waals surface area contributed by atoms with Crippen LogP contribution in [0.4, 0.5) is 0 Å². The smallest absolute Gasteiger partial charge is 0.224 e. The first kappa shape index (κ1) is 15.7. The molecule has 0 saturated carbocycles. The Morgan fingerprint density at radius 1 is 1.32 bits per heavy atom. The second-order valence-electron chi connectivity index (χ2n) is 6.12. The Kier molecular flexibility index (Phi) is 5.12. The highest BCUT2D eigenvalue weighted by Crippen LogP contribution is 2.17. The predicted octanol–water partition coefficient (Wildman–Crippen LogP) is 2.42. The lowest BCUT2D eigenvalue weighted by Crippen LogP contribution is -2.49. The highest BCUT2D eigenvalue weighted by atomic mass is 16.2. The van der Waals surface area contributed by atoms with E-state index in [2.05, 4.69) is 24.4 Å². The molecule has 0 aliphatic carbocycles. The zero-order valence-electron chi connectivity index (χ0n) is 12.7. The molecule has 1 amide bonds. The predicted molar refractivity (Wildman–Crippen MR) is 79.9 cm³/mol. The largest absolute Gasteiger partial charge is 0.351 e. The van der Waals surface area contributed by atoms with E-state index >= 15 is 0 Å². The van der Waals surface area contributed by atoms with Crippen molar-refractivity contribution >= 4 is 5.91 Å². The molecule has 0 aromatic heterocycles. The highest BCUT2D eigenvalue weighted by Gasteiger charge is 2.25. The number of hydrogen-bond acceptors (Lipinski definition) is 2. The van der Waals surface area contributed by atoms with Crippen LogP contribution in [0, 0.1) is 12.8 Å². The zero-order chi connectivity index (χ0) is 14.6. The molecule has 0 aliphatic heterocycles. The highest BCUT2D eigenvalue weighted by molar-refractivity contribution is 5.79. The van der Waals surface area contributed by atoms with E-state index in [1.807, 2.05) is 39.8 Å². The van der Waals surface area contributed by atoms with Gasteiger partial charge >= 0.3 is 0 Å². The number of nitrogens with two attached hydrogens (primary N) is 1. The monoisotopic (exact) mass is 262 g/mol. The molecule has 0 saturated heterocycles. The van der Waals surface area contributed by atoms with Gasteiger partial charge in [-0.05, 0) is 45.2 Å². The van der Waals surface area contributed by atoms with Crippen molar-refractivity contribution in [3.05, 3.63) is 35.4 Å². The van der Waals surface area contributed by atoms with Gasteiger partial charge < -0.3 is 11.1 Å². The molecule has 3 nitrogen and oxygen atoms in total. The molecule has 19 heavy (non-hydrogen) atoms. The summed E-state index contributed by atoms with van der Waals surface area (Å²) >= 11 is 0. The molecule has 3 N–H and O–H groups in total. The summed E-state index contributed by atoms with van der Waals surface area (Å²) in [7, 11) is 0. The zero-order valence-corrected chi connectivity index (χ0v) is 12.7. The Balaban J connectivity index is 2.72. The first-order valence-electron chi connectivity index (χ1n) is 6.85. The summed E-state index contributed by atoms with van der Waals surface area (Å²) in [5.41, 5.74) is 8.02. The third kappa shape index (κ3) is 4.67. The number of nitrogens with one attached hydrogen (secondary N) is 1. The molecule has 0 bridgehead atoms. The summed E-state index contributed by atoms with van der Waals surface area (Å²) in [5.74, 6) is -0.148. The van der Waals surface area contributed by atoms with Gasteiger partial charge in [-0.1, -0.05) is 31.2 Å². The number of carbonyl (C=O) groups excluding carboxylic acids is 1. The lowest BCUT2D eigenvalue weighted by molar-refractivity contribution is -0.126. The number of benzene rings is 1. The third-order valence-electron chi connectivity index (χ3n) is 3.56. The molecule has 2 atom stereocenters. The van der Waals surface area contributed by atoms with E-state index in [0.29, 0.717) is 0 Å². The van der Waals surface area contributed by atoms with Crippen LogP contribution >= 0.6 is 0 Å². The summed E-state index contributed by atoms with van der Waals surface area (Å²) in [5, 5.41) is 3.09. The van der Waals surface area contributed by atoms with Gasteiger partial charge in [-0.25, -0.2) is 0 Å². The van der Waals surface area contributed by atoms with Gasteiger partial charge in [0, 0.05) is 17.5 Å². The van der Waals surface area contributed by atoms with E-state index < -0.39 is 0 Å². The van der Waals surface area contributed by atoms with Gasteiger partial charge in [0.1, 0.15) is 0 Å². The Labute approximate surface area is 116 Å². The second kappa shape index (κ2) is 6.20. The lowest BCUT2D eigenvalue weighted by atomic mass is 9.91. The molecule has 1 aromatic carbocycles. The quantitative estimate of drug-likeness (QED) is 0.856. The molecule has 2 unspecified atom stereocenters. The van der Waals surface area contributed by atoms with E-state index in [0.717, 1.165) is 6.42 Å². The summed E-state index contributed by atoms with van der Waals surface area (Å²) < 4.78 is 0. The standard InChI is InChI=1S/C16H26N2O/c1-11-8-6-7-9-14(11)10-16(4,5)18-15(19)12(2)13(3)17/h6-9,12-13H,10,17H2,1-5H3,(H,18,19).